The molecule has 0 bridgehead atoms. The van der Waals surface area contributed by atoms with E-state index in [2.05, 4.69) is 10.3 Å². The van der Waals surface area contributed by atoms with E-state index < -0.39 is 0 Å². The lowest BCUT2D eigenvalue weighted by Crippen LogP contribution is -2.14. The zero-order valence-corrected chi connectivity index (χ0v) is 10.8. The van der Waals surface area contributed by atoms with Crippen LogP contribution < -0.4 is 11.1 Å². The Balaban J connectivity index is 1.90. The first kappa shape index (κ1) is 12.5. The van der Waals surface area contributed by atoms with Crippen LogP contribution in [0.15, 0.2) is 52.9 Å². The number of nitrogens with two attached hydrogens (primary N) is 1. The van der Waals surface area contributed by atoms with Gasteiger partial charge in [-0.2, -0.15) is 4.98 Å². The maximum Gasteiger partial charge on any atom is 0.296 e. The molecule has 0 aliphatic carbocycles. The van der Waals surface area contributed by atoms with Crippen molar-refractivity contribution in [2.75, 3.05) is 17.7 Å². The summed E-state index contributed by atoms with van der Waals surface area (Å²) in [6.07, 6.45) is 0. The number of anilines is 2. The number of aliphatic hydroxyl groups excluding tert-OH is 1. The van der Waals surface area contributed by atoms with E-state index in [1.165, 1.54) is 0 Å². The quantitative estimate of drug-likeness (QED) is 0.634. The Morgan fingerprint density at radius 2 is 1.95 bits per heavy atom. The Bertz CT molecular complexity index is 709. The summed E-state index contributed by atoms with van der Waals surface area (Å²) in [5, 5.41) is 12.6. The fourth-order valence-corrected chi connectivity index (χ4v) is 2.10. The molecule has 2 aromatic carbocycles. The van der Waals surface area contributed by atoms with Crippen molar-refractivity contribution < 1.29 is 9.52 Å². The summed E-state index contributed by atoms with van der Waals surface area (Å²) < 4.78 is 5.59. The van der Waals surface area contributed by atoms with Gasteiger partial charge in [-0.05, 0) is 17.7 Å². The highest BCUT2D eigenvalue weighted by molar-refractivity contribution is 5.86. The van der Waals surface area contributed by atoms with Crippen LogP contribution in [0.25, 0.3) is 11.1 Å². The number of nitrogen functional groups attached to an aromatic ring is 1. The summed E-state index contributed by atoms with van der Waals surface area (Å²) in [5.74, 6) is 0. The first-order valence-electron chi connectivity index (χ1n) is 6.35. The van der Waals surface area contributed by atoms with E-state index in [-0.39, 0.29) is 12.6 Å². The van der Waals surface area contributed by atoms with Gasteiger partial charge in [-0.3, -0.25) is 0 Å². The van der Waals surface area contributed by atoms with Crippen LogP contribution in [0.2, 0.25) is 0 Å². The lowest BCUT2D eigenvalue weighted by Gasteiger charge is -2.14. The molecule has 0 saturated heterocycles. The van der Waals surface area contributed by atoms with E-state index in [1.54, 1.807) is 12.1 Å². The van der Waals surface area contributed by atoms with Gasteiger partial charge in [-0.15, -0.1) is 0 Å². The molecule has 0 aliphatic rings. The van der Waals surface area contributed by atoms with Crippen LogP contribution in [0.5, 0.6) is 0 Å². The van der Waals surface area contributed by atoms with Crippen LogP contribution in [0, 0.1) is 0 Å². The van der Waals surface area contributed by atoms with Crippen LogP contribution in [-0.4, -0.2) is 16.7 Å². The standard InChI is InChI=1S/C15H15N3O2/c16-11-7-4-8-13-14(11)18-15(20-13)17-12(9-19)10-5-2-1-3-6-10/h1-8,12,19H,9,16H2,(H,17,18). The minimum absolute atomic E-state index is 0.0573. The summed E-state index contributed by atoms with van der Waals surface area (Å²) in [6.45, 7) is -0.0573. The third-order valence-corrected chi connectivity index (χ3v) is 3.13. The molecule has 1 aromatic heterocycles. The van der Waals surface area contributed by atoms with E-state index >= 15 is 0 Å². The van der Waals surface area contributed by atoms with Gasteiger partial charge in [0.05, 0.1) is 18.3 Å². The second-order valence-corrected chi connectivity index (χ2v) is 4.50. The Hall–Kier alpha value is -2.53. The normalized spacial score (nSPS) is 12.4. The largest absolute Gasteiger partial charge is 0.423 e. The molecule has 102 valence electrons. The topological polar surface area (TPSA) is 84.3 Å². The van der Waals surface area contributed by atoms with Crippen LogP contribution in [0.1, 0.15) is 11.6 Å². The summed E-state index contributed by atoms with van der Waals surface area (Å²) in [4.78, 5) is 4.31. The zero-order valence-electron chi connectivity index (χ0n) is 10.8. The molecule has 0 fully saturated rings. The number of nitrogens with zero attached hydrogens (tertiary/aromatic N) is 1. The van der Waals surface area contributed by atoms with Crippen molar-refractivity contribution in [1.82, 2.24) is 4.98 Å². The SMILES string of the molecule is Nc1cccc2oc(NC(CO)c3ccccc3)nc12. The van der Waals surface area contributed by atoms with Gasteiger partial charge in [0.1, 0.15) is 5.52 Å². The van der Waals surface area contributed by atoms with Crippen molar-refractivity contribution in [3.63, 3.8) is 0 Å². The lowest BCUT2D eigenvalue weighted by atomic mass is 10.1. The molecule has 0 radical (unpaired) electrons. The summed E-state index contributed by atoms with van der Waals surface area (Å²) in [7, 11) is 0. The Morgan fingerprint density at radius 1 is 1.15 bits per heavy atom. The molecule has 5 heteroatoms. The van der Waals surface area contributed by atoms with Crippen LogP contribution >= 0.6 is 0 Å². The average molecular weight is 269 g/mol. The number of benzene rings is 2. The fraction of sp³-hybridized carbons (Fsp3) is 0.133. The molecule has 3 aromatic rings. The monoisotopic (exact) mass is 269 g/mol. The highest BCUT2D eigenvalue weighted by Crippen LogP contribution is 2.26. The van der Waals surface area contributed by atoms with Gasteiger partial charge in [0, 0.05) is 0 Å². The highest BCUT2D eigenvalue weighted by Gasteiger charge is 2.14. The van der Waals surface area contributed by atoms with E-state index in [9.17, 15) is 5.11 Å². The van der Waals surface area contributed by atoms with Gasteiger partial charge < -0.3 is 20.6 Å². The first-order valence-corrected chi connectivity index (χ1v) is 6.35. The van der Waals surface area contributed by atoms with Gasteiger partial charge in [-0.1, -0.05) is 36.4 Å². The first-order chi connectivity index (χ1) is 9.78. The molecule has 1 heterocycles. The maximum absolute atomic E-state index is 9.51. The molecular formula is C15H15N3O2. The Kier molecular flexibility index (Phi) is 3.26. The van der Waals surface area contributed by atoms with Crippen LogP contribution in [-0.2, 0) is 0 Å². The second kappa shape index (κ2) is 5.22. The average Bonchev–Trinajstić information content (AvgIpc) is 2.90. The van der Waals surface area contributed by atoms with E-state index in [0.29, 0.717) is 22.8 Å². The summed E-state index contributed by atoms with van der Waals surface area (Å²) >= 11 is 0. The third kappa shape index (κ3) is 2.31. The number of hydrogen-bond donors (Lipinski definition) is 3. The number of para-hydroxylation sites is 1. The van der Waals surface area contributed by atoms with Crippen molar-refractivity contribution in [2.45, 2.75) is 6.04 Å². The Labute approximate surface area is 116 Å². The second-order valence-electron chi connectivity index (χ2n) is 4.50. The lowest BCUT2D eigenvalue weighted by molar-refractivity contribution is 0.274. The molecule has 0 saturated carbocycles. The zero-order chi connectivity index (χ0) is 13.9. The van der Waals surface area contributed by atoms with E-state index in [1.807, 2.05) is 36.4 Å². The van der Waals surface area contributed by atoms with Crippen molar-refractivity contribution in [3.8, 4) is 0 Å². The highest BCUT2D eigenvalue weighted by atomic mass is 16.4. The Morgan fingerprint density at radius 3 is 2.65 bits per heavy atom. The van der Waals surface area contributed by atoms with Gasteiger partial charge >= 0.3 is 0 Å². The van der Waals surface area contributed by atoms with Gasteiger partial charge in [0.2, 0.25) is 0 Å². The van der Waals surface area contributed by atoms with Crippen LogP contribution in [0.4, 0.5) is 11.7 Å². The smallest absolute Gasteiger partial charge is 0.296 e. The molecule has 1 unspecified atom stereocenters. The number of fused-ring (bicyclic) bond motifs is 1. The molecule has 4 N–H and O–H groups in total. The number of aromatic nitrogens is 1. The van der Waals surface area contributed by atoms with E-state index in [4.69, 9.17) is 10.2 Å². The molecule has 0 spiro atoms. The third-order valence-electron chi connectivity index (χ3n) is 3.13. The van der Waals surface area contributed by atoms with Gasteiger partial charge in [0.25, 0.3) is 6.01 Å². The number of hydrogen-bond acceptors (Lipinski definition) is 5. The number of oxazole rings is 1. The molecule has 20 heavy (non-hydrogen) atoms. The molecule has 0 amide bonds. The molecule has 3 rings (SSSR count). The molecule has 5 nitrogen and oxygen atoms in total. The van der Waals surface area contributed by atoms with Gasteiger partial charge in [0.15, 0.2) is 5.58 Å². The number of rotatable bonds is 4. The van der Waals surface area contributed by atoms with Crippen molar-refractivity contribution in [2.24, 2.45) is 0 Å². The molecule has 0 aliphatic heterocycles. The predicted molar refractivity (Wildman–Crippen MR) is 78.3 cm³/mol. The fourth-order valence-electron chi connectivity index (χ4n) is 2.10. The molecule has 1 atom stereocenters. The van der Waals surface area contributed by atoms with Crippen LogP contribution in [0.3, 0.4) is 0 Å². The van der Waals surface area contributed by atoms with Crippen molar-refractivity contribution in [3.05, 3.63) is 54.1 Å². The van der Waals surface area contributed by atoms with E-state index in [0.717, 1.165) is 5.56 Å². The van der Waals surface area contributed by atoms with Crippen molar-refractivity contribution >= 4 is 22.8 Å². The maximum atomic E-state index is 9.51. The molecular weight excluding hydrogens is 254 g/mol. The number of nitrogens with one attached hydrogen (secondary N) is 1. The predicted octanol–water partition coefficient (Wildman–Crippen LogP) is 2.56. The van der Waals surface area contributed by atoms with Gasteiger partial charge in [-0.25, -0.2) is 0 Å². The number of aliphatic hydroxyl groups is 1. The summed E-state index contributed by atoms with van der Waals surface area (Å²) in [5.41, 5.74) is 8.62. The minimum Gasteiger partial charge on any atom is -0.423 e. The minimum atomic E-state index is -0.273. The summed E-state index contributed by atoms with van der Waals surface area (Å²) in [6, 6.07) is 15.1. The van der Waals surface area contributed by atoms with Crippen molar-refractivity contribution in [1.29, 1.82) is 0 Å².